The molecule has 0 spiro atoms. The van der Waals surface area contributed by atoms with Crippen LogP contribution in [0.1, 0.15) is 0 Å². The first kappa shape index (κ1) is 22.6. The molecule has 0 N–H and O–H groups in total. The molecule has 0 saturated heterocycles. The molecule has 0 unspecified atom stereocenters. The predicted octanol–water partition coefficient (Wildman–Crippen LogP) is 10.2. The number of benzene rings is 6. The number of imidazole rings is 1. The fourth-order valence-corrected chi connectivity index (χ4v) is 7.40. The Hall–Kier alpha value is -5.19. The molecule has 0 fully saturated rings. The van der Waals surface area contributed by atoms with Gasteiger partial charge in [-0.25, -0.2) is 4.98 Å². The van der Waals surface area contributed by atoms with Crippen LogP contribution < -0.4 is 0 Å². The van der Waals surface area contributed by atoms with E-state index in [0.717, 1.165) is 33.8 Å². The van der Waals surface area contributed by atoms with Gasteiger partial charge in [0.1, 0.15) is 5.82 Å². The second-order valence-electron chi connectivity index (χ2n) is 10.5. The van der Waals surface area contributed by atoms with Crippen LogP contribution in [-0.4, -0.2) is 14.1 Å². The zero-order chi connectivity index (χ0) is 26.9. The quantitative estimate of drug-likeness (QED) is 0.218. The van der Waals surface area contributed by atoms with Crippen LogP contribution in [0.4, 0.5) is 0 Å². The fourth-order valence-electron chi connectivity index (χ4n) is 6.28. The van der Waals surface area contributed by atoms with Crippen LogP contribution in [0.3, 0.4) is 0 Å². The molecule has 41 heavy (non-hydrogen) atoms. The van der Waals surface area contributed by atoms with Crippen molar-refractivity contribution in [2.75, 3.05) is 0 Å². The summed E-state index contributed by atoms with van der Waals surface area (Å²) in [5, 5.41) is 5.22. The van der Waals surface area contributed by atoms with Gasteiger partial charge >= 0.3 is 0 Å². The summed E-state index contributed by atoms with van der Waals surface area (Å²) < 4.78 is 7.30. The molecule has 0 saturated carbocycles. The first-order chi connectivity index (χ1) is 20.3. The van der Waals surface area contributed by atoms with E-state index < -0.39 is 0 Å². The number of hydrogen-bond acceptors (Lipinski definition) is 2. The lowest BCUT2D eigenvalue weighted by Crippen LogP contribution is -1.98. The van der Waals surface area contributed by atoms with E-state index in [1.807, 2.05) is 17.4 Å². The van der Waals surface area contributed by atoms with Crippen molar-refractivity contribution in [1.29, 1.82) is 0 Å². The Kier molecular flexibility index (Phi) is 4.77. The second-order valence-corrected chi connectivity index (χ2v) is 11.5. The molecule has 3 heterocycles. The monoisotopic (exact) mass is 541 g/mol. The molecule has 0 bridgehead atoms. The van der Waals surface area contributed by atoms with E-state index in [-0.39, 0.29) is 0 Å². The maximum Gasteiger partial charge on any atom is 0.145 e. The van der Waals surface area contributed by atoms with E-state index in [4.69, 9.17) is 4.98 Å². The number of nitrogens with zero attached hydrogens (tertiary/aromatic N) is 3. The van der Waals surface area contributed by atoms with Gasteiger partial charge in [0.25, 0.3) is 0 Å². The summed E-state index contributed by atoms with van der Waals surface area (Å²) >= 11 is 1.87. The highest BCUT2D eigenvalue weighted by Gasteiger charge is 2.17. The van der Waals surface area contributed by atoms with E-state index >= 15 is 0 Å². The van der Waals surface area contributed by atoms with Crippen LogP contribution in [0.5, 0.6) is 0 Å². The van der Waals surface area contributed by atoms with E-state index in [2.05, 4.69) is 143 Å². The van der Waals surface area contributed by atoms with Crippen LogP contribution in [0.15, 0.2) is 140 Å². The average molecular weight is 542 g/mol. The van der Waals surface area contributed by atoms with Crippen molar-refractivity contribution in [1.82, 2.24) is 14.1 Å². The van der Waals surface area contributed by atoms with E-state index in [1.54, 1.807) is 0 Å². The lowest BCUT2D eigenvalue weighted by Gasteiger charge is -2.11. The van der Waals surface area contributed by atoms with E-state index in [0.29, 0.717) is 0 Å². The molecule has 6 aromatic carbocycles. The van der Waals surface area contributed by atoms with Crippen molar-refractivity contribution in [3.8, 4) is 22.8 Å². The Bertz CT molecular complexity index is 2410. The maximum atomic E-state index is 5.06. The summed E-state index contributed by atoms with van der Waals surface area (Å²) in [5.41, 5.74) is 7.88. The standard InChI is InChI=1S/C37H23N3S/c1-2-10-25(11-3-1)40-33-16-8-6-14-31(33)38-37(40)24-18-20-26(21-19-24)39-32-15-7-4-12-27(32)29-22-30-28-13-5-9-17-35(28)41-36(30)23-34(29)39/h1-23H. The minimum absolute atomic E-state index is 0.943. The highest BCUT2D eigenvalue weighted by Crippen LogP contribution is 2.40. The number of para-hydroxylation sites is 4. The number of fused-ring (bicyclic) bond motifs is 7. The molecule has 3 aromatic heterocycles. The van der Waals surface area contributed by atoms with Gasteiger partial charge in [-0.05, 0) is 72.8 Å². The van der Waals surface area contributed by atoms with Gasteiger partial charge in [-0.2, -0.15) is 0 Å². The van der Waals surface area contributed by atoms with Crippen molar-refractivity contribution < 1.29 is 0 Å². The molecule has 4 heteroatoms. The van der Waals surface area contributed by atoms with Gasteiger partial charge in [0.15, 0.2) is 0 Å². The van der Waals surface area contributed by atoms with Gasteiger partial charge in [0.2, 0.25) is 0 Å². The average Bonchev–Trinajstić information content (AvgIpc) is 3.70. The summed E-state index contributed by atoms with van der Waals surface area (Å²) in [6.45, 7) is 0. The van der Waals surface area contributed by atoms with Crippen molar-refractivity contribution in [3.05, 3.63) is 140 Å². The highest BCUT2D eigenvalue weighted by molar-refractivity contribution is 7.25. The third kappa shape index (κ3) is 3.35. The van der Waals surface area contributed by atoms with Gasteiger partial charge in [-0.1, -0.05) is 66.7 Å². The number of hydrogen-bond donors (Lipinski definition) is 0. The molecular formula is C37H23N3S. The second kappa shape index (κ2) is 8.65. The topological polar surface area (TPSA) is 22.8 Å². The first-order valence-corrected chi connectivity index (χ1v) is 14.6. The lowest BCUT2D eigenvalue weighted by molar-refractivity contribution is 1.10. The normalized spacial score (nSPS) is 11.9. The third-order valence-electron chi connectivity index (χ3n) is 8.13. The summed E-state index contributed by atoms with van der Waals surface area (Å²) in [6, 6.07) is 49.9. The Morgan fingerprint density at radius 1 is 0.439 bits per heavy atom. The van der Waals surface area contributed by atoms with Gasteiger partial charge in [-0.15, -0.1) is 11.3 Å². The molecule has 0 atom stereocenters. The zero-order valence-electron chi connectivity index (χ0n) is 22.0. The molecule has 0 radical (unpaired) electrons. The largest absolute Gasteiger partial charge is 0.309 e. The Labute approximate surface area is 240 Å². The van der Waals surface area contributed by atoms with E-state index in [1.165, 1.54) is 42.0 Å². The number of rotatable bonds is 3. The Morgan fingerprint density at radius 3 is 1.98 bits per heavy atom. The molecule has 192 valence electrons. The summed E-state index contributed by atoms with van der Waals surface area (Å²) in [4.78, 5) is 5.06. The van der Waals surface area contributed by atoms with E-state index in [9.17, 15) is 0 Å². The predicted molar refractivity (Wildman–Crippen MR) is 174 cm³/mol. The van der Waals surface area contributed by atoms with Crippen LogP contribution in [0.2, 0.25) is 0 Å². The lowest BCUT2D eigenvalue weighted by atomic mass is 10.1. The highest BCUT2D eigenvalue weighted by atomic mass is 32.1. The molecule has 0 aliphatic carbocycles. The fraction of sp³-hybridized carbons (Fsp3) is 0. The maximum absolute atomic E-state index is 5.06. The van der Waals surface area contributed by atoms with Crippen molar-refractivity contribution in [2.45, 2.75) is 0 Å². The molecule has 0 aliphatic rings. The smallest absolute Gasteiger partial charge is 0.145 e. The van der Waals surface area contributed by atoms with Crippen molar-refractivity contribution in [3.63, 3.8) is 0 Å². The molecule has 0 aliphatic heterocycles. The van der Waals surface area contributed by atoms with Gasteiger partial charge in [0, 0.05) is 47.9 Å². The first-order valence-electron chi connectivity index (χ1n) is 13.8. The summed E-state index contributed by atoms with van der Waals surface area (Å²) in [6.07, 6.45) is 0. The summed E-state index contributed by atoms with van der Waals surface area (Å²) in [7, 11) is 0. The van der Waals surface area contributed by atoms with Crippen molar-refractivity contribution >= 4 is 64.3 Å². The minimum atomic E-state index is 0.943. The third-order valence-corrected chi connectivity index (χ3v) is 9.26. The zero-order valence-corrected chi connectivity index (χ0v) is 22.8. The number of aromatic nitrogens is 3. The summed E-state index contributed by atoms with van der Waals surface area (Å²) in [5.74, 6) is 0.943. The van der Waals surface area contributed by atoms with Crippen LogP contribution in [-0.2, 0) is 0 Å². The minimum Gasteiger partial charge on any atom is -0.309 e. The van der Waals surface area contributed by atoms with Gasteiger partial charge in [0.05, 0.1) is 22.1 Å². The van der Waals surface area contributed by atoms with Gasteiger partial charge < -0.3 is 4.57 Å². The molecule has 9 rings (SSSR count). The molecular weight excluding hydrogens is 518 g/mol. The molecule has 9 aromatic rings. The SMILES string of the molecule is c1ccc(-n2c(-c3ccc(-n4c5ccccc5c5cc6c(cc54)sc4ccccc46)cc3)nc3ccccc32)cc1. The number of thiophene rings is 1. The van der Waals surface area contributed by atoms with Crippen molar-refractivity contribution in [2.24, 2.45) is 0 Å². The van der Waals surface area contributed by atoms with Crippen LogP contribution >= 0.6 is 11.3 Å². The Morgan fingerprint density at radius 2 is 1.12 bits per heavy atom. The molecule has 3 nitrogen and oxygen atoms in total. The van der Waals surface area contributed by atoms with Crippen LogP contribution in [0, 0.1) is 0 Å². The molecule has 0 amide bonds. The van der Waals surface area contributed by atoms with Gasteiger partial charge in [-0.3, -0.25) is 4.57 Å². The Balaban J connectivity index is 1.25. The van der Waals surface area contributed by atoms with Crippen LogP contribution in [0.25, 0.3) is 75.8 Å².